The summed E-state index contributed by atoms with van der Waals surface area (Å²) in [4.78, 5) is 17.2. The van der Waals surface area contributed by atoms with Crippen molar-refractivity contribution in [3.05, 3.63) is 89.4 Å². The second-order valence-electron chi connectivity index (χ2n) is 7.08. The van der Waals surface area contributed by atoms with Gasteiger partial charge in [-0.25, -0.2) is 4.98 Å². The first-order chi connectivity index (χ1) is 14.7. The van der Waals surface area contributed by atoms with E-state index in [2.05, 4.69) is 10.3 Å². The molecule has 4 rings (SSSR count). The van der Waals surface area contributed by atoms with Gasteiger partial charge in [-0.05, 0) is 80.1 Å². The lowest BCUT2D eigenvalue weighted by Gasteiger charge is -2.10. The van der Waals surface area contributed by atoms with E-state index in [-0.39, 0.29) is 11.7 Å². The third-order valence-corrected chi connectivity index (χ3v) is 4.70. The maximum atomic E-state index is 12.8. The SMILES string of the molecule is Cc1ccn2c(C(=O)Nc3ccc(Oc4ccc(C(F)(F)F)cc4)cc3)c(C)nc2c1. The number of halogens is 3. The Labute approximate surface area is 176 Å². The van der Waals surface area contributed by atoms with Gasteiger partial charge < -0.3 is 10.1 Å². The summed E-state index contributed by atoms with van der Waals surface area (Å²) in [6.07, 6.45) is -2.59. The number of rotatable bonds is 4. The summed E-state index contributed by atoms with van der Waals surface area (Å²) in [5.74, 6) is 0.408. The molecule has 0 spiro atoms. The number of ether oxygens (including phenoxy) is 1. The minimum absolute atomic E-state index is 0.279. The molecule has 31 heavy (non-hydrogen) atoms. The Balaban J connectivity index is 1.46. The van der Waals surface area contributed by atoms with Gasteiger partial charge in [0.2, 0.25) is 0 Å². The number of benzene rings is 2. The second-order valence-corrected chi connectivity index (χ2v) is 7.08. The molecule has 2 heterocycles. The van der Waals surface area contributed by atoms with Crippen LogP contribution in [-0.2, 0) is 6.18 Å². The largest absolute Gasteiger partial charge is 0.457 e. The average molecular weight is 425 g/mol. The van der Waals surface area contributed by atoms with Gasteiger partial charge in [-0.1, -0.05) is 0 Å². The maximum Gasteiger partial charge on any atom is 0.416 e. The number of alkyl halides is 3. The van der Waals surface area contributed by atoms with E-state index in [0.717, 1.165) is 17.7 Å². The van der Waals surface area contributed by atoms with Gasteiger partial charge in [-0.3, -0.25) is 9.20 Å². The van der Waals surface area contributed by atoms with Crippen molar-refractivity contribution in [1.29, 1.82) is 0 Å². The summed E-state index contributed by atoms with van der Waals surface area (Å²) in [6, 6.07) is 14.8. The standard InChI is InChI=1S/C23H18F3N3O2/c1-14-11-12-29-20(13-14)27-15(2)21(29)22(30)28-17-5-9-19(10-6-17)31-18-7-3-16(4-8-18)23(24,25)26/h3-13H,1-2H3,(H,28,30). The van der Waals surface area contributed by atoms with Gasteiger partial charge in [0, 0.05) is 11.9 Å². The van der Waals surface area contributed by atoms with Crippen LogP contribution in [0.3, 0.4) is 0 Å². The van der Waals surface area contributed by atoms with Crippen LogP contribution in [0.2, 0.25) is 0 Å². The first kappa shape index (κ1) is 20.5. The number of fused-ring (bicyclic) bond motifs is 1. The minimum Gasteiger partial charge on any atom is -0.457 e. The number of pyridine rings is 1. The van der Waals surface area contributed by atoms with Crippen molar-refractivity contribution in [2.75, 3.05) is 5.32 Å². The van der Waals surface area contributed by atoms with E-state index in [1.807, 2.05) is 19.1 Å². The number of hydrogen-bond donors (Lipinski definition) is 1. The predicted octanol–water partition coefficient (Wildman–Crippen LogP) is 6.01. The highest BCUT2D eigenvalue weighted by atomic mass is 19.4. The zero-order chi connectivity index (χ0) is 22.2. The molecule has 0 atom stereocenters. The molecule has 0 aliphatic heterocycles. The molecule has 5 nitrogen and oxygen atoms in total. The molecule has 2 aromatic heterocycles. The highest BCUT2D eigenvalue weighted by molar-refractivity contribution is 6.04. The minimum atomic E-state index is -4.39. The van der Waals surface area contributed by atoms with Gasteiger partial charge in [0.1, 0.15) is 22.8 Å². The molecule has 0 aliphatic carbocycles. The number of nitrogens with zero attached hydrogens (tertiary/aromatic N) is 2. The second kappa shape index (κ2) is 7.79. The van der Waals surface area contributed by atoms with Crippen molar-refractivity contribution in [3.8, 4) is 11.5 Å². The van der Waals surface area contributed by atoms with Crippen molar-refractivity contribution in [1.82, 2.24) is 9.38 Å². The molecule has 1 N–H and O–H groups in total. The van der Waals surface area contributed by atoms with Gasteiger partial charge >= 0.3 is 6.18 Å². The fourth-order valence-electron chi connectivity index (χ4n) is 3.18. The van der Waals surface area contributed by atoms with E-state index in [0.29, 0.717) is 28.5 Å². The lowest BCUT2D eigenvalue weighted by molar-refractivity contribution is -0.137. The van der Waals surface area contributed by atoms with Crippen molar-refractivity contribution in [3.63, 3.8) is 0 Å². The first-order valence-electron chi connectivity index (χ1n) is 9.42. The molecular weight excluding hydrogens is 407 g/mol. The number of nitrogens with one attached hydrogen (secondary N) is 1. The van der Waals surface area contributed by atoms with Crippen molar-refractivity contribution in [2.45, 2.75) is 20.0 Å². The van der Waals surface area contributed by atoms with Crippen LogP contribution in [0.5, 0.6) is 11.5 Å². The van der Waals surface area contributed by atoms with E-state index >= 15 is 0 Å². The Morgan fingerprint density at radius 3 is 2.19 bits per heavy atom. The molecule has 0 saturated carbocycles. The topological polar surface area (TPSA) is 55.6 Å². The maximum absolute atomic E-state index is 12.8. The third-order valence-electron chi connectivity index (χ3n) is 4.70. The smallest absolute Gasteiger partial charge is 0.416 e. The van der Waals surface area contributed by atoms with Crippen LogP contribution in [0.1, 0.15) is 27.3 Å². The lowest BCUT2D eigenvalue weighted by atomic mass is 10.2. The van der Waals surface area contributed by atoms with Crippen LogP contribution < -0.4 is 10.1 Å². The molecule has 0 bridgehead atoms. The van der Waals surface area contributed by atoms with Gasteiger partial charge in [0.25, 0.3) is 5.91 Å². The fraction of sp³-hybridized carbons (Fsp3) is 0.130. The van der Waals surface area contributed by atoms with Crippen LogP contribution in [0.25, 0.3) is 5.65 Å². The Hall–Kier alpha value is -3.81. The quantitative estimate of drug-likeness (QED) is 0.435. The molecule has 1 amide bonds. The number of carbonyl (C=O) groups excluding carboxylic acids is 1. The lowest BCUT2D eigenvalue weighted by Crippen LogP contribution is -2.15. The number of amides is 1. The molecule has 0 aliphatic rings. The monoisotopic (exact) mass is 425 g/mol. The molecule has 158 valence electrons. The number of anilines is 1. The van der Waals surface area contributed by atoms with Crippen LogP contribution in [0.4, 0.5) is 18.9 Å². The number of aromatic nitrogens is 2. The summed E-state index contributed by atoms with van der Waals surface area (Å²) in [5, 5.41) is 2.83. The summed E-state index contributed by atoms with van der Waals surface area (Å²) < 4.78 is 45.2. The van der Waals surface area contributed by atoms with Gasteiger partial charge in [0.05, 0.1) is 11.3 Å². The highest BCUT2D eigenvalue weighted by Crippen LogP contribution is 2.31. The summed E-state index contributed by atoms with van der Waals surface area (Å²) in [6.45, 7) is 3.73. The molecule has 4 aromatic rings. The average Bonchev–Trinajstić information content (AvgIpc) is 3.04. The highest BCUT2D eigenvalue weighted by Gasteiger charge is 2.30. The molecule has 2 aromatic carbocycles. The number of aryl methyl sites for hydroxylation is 2. The molecule has 0 unspecified atom stereocenters. The van der Waals surface area contributed by atoms with Crippen molar-refractivity contribution < 1.29 is 22.7 Å². The van der Waals surface area contributed by atoms with E-state index in [1.54, 1.807) is 41.8 Å². The Morgan fingerprint density at radius 2 is 1.58 bits per heavy atom. The molecule has 0 radical (unpaired) electrons. The Morgan fingerprint density at radius 1 is 0.968 bits per heavy atom. The van der Waals surface area contributed by atoms with Crippen LogP contribution in [-0.4, -0.2) is 15.3 Å². The van der Waals surface area contributed by atoms with E-state index in [4.69, 9.17) is 4.74 Å². The van der Waals surface area contributed by atoms with Gasteiger partial charge in [-0.2, -0.15) is 13.2 Å². The van der Waals surface area contributed by atoms with Gasteiger partial charge in [0.15, 0.2) is 0 Å². The van der Waals surface area contributed by atoms with E-state index < -0.39 is 11.7 Å². The third kappa shape index (κ3) is 4.37. The first-order valence-corrected chi connectivity index (χ1v) is 9.42. The summed E-state index contributed by atoms with van der Waals surface area (Å²) >= 11 is 0. The number of carbonyl (C=O) groups is 1. The van der Waals surface area contributed by atoms with Crippen LogP contribution in [0.15, 0.2) is 66.9 Å². The summed E-state index contributed by atoms with van der Waals surface area (Å²) in [5.41, 5.74) is 2.61. The summed E-state index contributed by atoms with van der Waals surface area (Å²) in [7, 11) is 0. The Bertz CT molecular complexity index is 1240. The molecule has 0 fully saturated rings. The zero-order valence-electron chi connectivity index (χ0n) is 16.7. The van der Waals surface area contributed by atoms with E-state index in [1.165, 1.54) is 12.1 Å². The Kier molecular flexibility index (Phi) is 5.14. The molecular formula is C23H18F3N3O2. The van der Waals surface area contributed by atoms with E-state index in [9.17, 15) is 18.0 Å². The van der Waals surface area contributed by atoms with Crippen molar-refractivity contribution in [2.24, 2.45) is 0 Å². The van der Waals surface area contributed by atoms with Crippen molar-refractivity contribution >= 4 is 17.2 Å². The normalized spacial score (nSPS) is 11.5. The zero-order valence-corrected chi connectivity index (χ0v) is 16.7. The molecule has 8 heteroatoms. The number of imidazole rings is 1. The van der Waals surface area contributed by atoms with Crippen LogP contribution in [0, 0.1) is 13.8 Å². The predicted molar refractivity (Wildman–Crippen MR) is 111 cm³/mol. The number of hydrogen-bond acceptors (Lipinski definition) is 3. The van der Waals surface area contributed by atoms with Gasteiger partial charge in [-0.15, -0.1) is 0 Å². The molecule has 0 saturated heterocycles. The van der Waals surface area contributed by atoms with Crippen LogP contribution >= 0.6 is 0 Å². The fourth-order valence-corrected chi connectivity index (χ4v) is 3.18.